The molecule has 2 unspecified atom stereocenters. The van der Waals surface area contributed by atoms with Gasteiger partial charge in [-0.15, -0.1) is 0 Å². The average Bonchev–Trinajstić information content (AvgIpc) is 2.19. The summed E-state index contributed by atoms with van der Waals surface area (Å²) >= 11 is 0. The predicted octanol–water partition coefficient (Wildman–Crippen LogP) is 0.609. The van der Waals surface area contributed by atoms with Crippen LogP contribution >= 0.6 is 15.1 Å². The molecule has 9 heteroatoms. The number of rotatable bonds is 6. The summed E-state index contributed by atoms with van der Waals surface area (Å²) in [5, 5.41) is 0. The van der Waals surface area contributed by atoms with Gasteiger partial charge in [0.2, 0.25) is 15.1 Å². The Morgan fingerprint density at radius 2 is 1.44 bits per heavy atom. The van der Waals surface area contributed by atoms with Gasteiger partial charge in [-0.2, -0.15) is 0 Å². The largest absolute Gasteiger partial charge is 0.333 e. The Morgan fingerprint density at radius 3 is 1.56 bits per heavy atom. The SMILES string of the molecule is C=P(O)(OC)OCC.C=P(O)(OC)OCN. The molecule has 0 amide bonds. The van der Waals surface area contributed by atoms with Crippen LogP contribution in [0.15, 0.2) is 0 Å². The van der Waals surface area contributed by atoms with Gasteiger partial charge in [0.05, 0.1) is 6.61 Å². The second kappa shape index (κ2) is 9.36. The topological polar surface area (TPSA) is 103 Å². The lowest BCUT2D eigenvalue weighted by Crippen LogP contribution is -2.03. The Bertz CT molecular complexity index is 233. The maximum Gasteiger partial charge on any atom is 0.249 e. The van der Waals surface area contributed by atoms with E-state index >= 15 is 0 Å². The Labute approximate surface area is 96.5 Å². The van der Waals surface area contributed by atoms with Crippen molar-refractivity contribution >= 4 is 27.7 Å². The zero-order valence-electron chi connectivity index (χ0n) is 9.83. The van der Waals surface area contributed by atoms with Crippen LogP contribution < -0.4 is 5.73 Å². The van der Waals surface area contributed by atoms with E-state index in [-0.39, 0.29) is 6.73 Å². The van der Waals surface area contributed by atoms with Crippen LogP contribution in [0.1, 0.15) is 6.92 Å². The van der Waals surface area contributed by atoms with Crippen molar-refractivity contribution < 1.29 is 27.9 Å². The van der Waals surface area contributed by atoms with Gasteiger partial charge in [0.1, 0.15) is 6.73 Å². The number of nitrogens with two attached hydrogens (primary N) is 1. The van der Waals surface area contributed by atoms with Crippen LogP contribution in [0.3, 0.4) is 0 Å². The van der Waals surface area contributed by atoms with Crippen molar-refractivity contribution in [3.05, 3.63) is 0 Å². The summed E-state index contributed by atoms with van der Waals surface area (Å²) in [7, 11) is -2.78. The molecule has 0 fully saturated rings. The third-order valence-electron chi connectivity index (χ3n) is 1.18. The van der Waals surface area contributed by atoms with Crippen molar-refractivity contribution in [2.45, 2.75) is 6.92 Å². The minimum absolute atomic E-state index is 0.0678. The molecule has 0 rings (SSSR count). The average molecular weight is 277 g/mol. The van der Waals surface area contributed by atoms with E-state index in [0.29, 0.717) is 6.61 Å². The van der Waals surface area contributed by atoms with Crippen LogP contribution in [-0.4, -0.2) is 49.9 Å². The first-order valence-electron chi connectivity index (χ1n) is 4.27. The Morgan fingerprint density at radius 1 is 1.06 bits per heavy atom. The summed E-state index contributed by atoms with van der Waals surface area (Å²) in [6.07, 6.45) is 6.52. The van der Waals surface area contributed by atoms with Gasteiger partial charge in [-0.3, -0.25) is 0 Å². The fourth-order valence-corrected chi connectivity index (χ4v) is 1.27. The summed E-state index contributed by atoms with van der Waals surface area (Å²) in [5.41, 5.74) is 4.92. The van der Waals surface area contributed by atoms with Crippen LogP contribution in [0.25, 0.3) is 0 Å². The van der Waals surface area contributed by atoms with Crippen LogP contribution in [0.4, 0.5) is 0 Å². The maximum atomic E-state index is 8.88. The molecular weight excluding hydrogens is 256 g/mol. The monoisotopic (exact) mass is 277 g/mol. The Kier molecular flexibility index (Phi) is 10.9. The molecule has 0 aliphatic heterocycles. The molecule has 0 aliphatic rings. The Balaban J connectivity index is 0. The van der Waals surface area contributed by atoms with Gasteiger partial charge >= 0.3 is 0 Å². The zero-order chi connectivity index (χ0) is 13.2. The molecule has 0 aromatic heterocycles. The summed E-state index contributed by atoms with van der Waals surface area (Å²) in [6, 6.07) is 0. The molecule has 0 aromatic rings. The van der Waals surface area contributed by atoms with Crippen LogP contribution in [0, 0.1) is 0 Å². The summed E-state index contributed by atoms with van der Waals surface area (Å²) in [4.78, 5) is 17.7. The van der Waals surface area contributed by atoms with Gasteiger partial charge in [-0.25, -0.2) is 0 Å². The van der Waals surface area contributed by atoms with E-state index in [1.54, 1.807) is 6.92 Å². The second-order valence-electron chi connectivity index (χ2n) is 2.35. The minimum atomic E-state index is -2.80. The van der Waals surface area contributed by atoms with Gasteiger partial charge in [0.25, 0.3) is 0 Å². The molecule has 0 bridgehead atoms. The lowest BCUT2D eigenvalue weighted by molar-refractivity contribution is 0.229. The van der Waals surface area contributed by atoms with Gasteiger partial charge in [0.15, 0.2) is 0 Å². The first kappa shape index (κ1) is 18.7. The van der Waals surface area contributed by atoms with Crippen molar-refractivity contribution in [1.82, 2.24) is 0 Å². The molecule has 2 atom stereocenters. The molecule has 0 aromatic carbocycles. The zero-order valence-corrected chi connectivity index (χ0v) is 11.6. The second-order valence-corrected chi connectivity index (χ2v) is 6.15. The van der Waals surface area contributed by atoms with Gasteiger partial charge in [-0.1, -0.05) is 0 Å². The molecule has 100 valence electrons. The predicted molar refractivity (Wildman–Crippen MR) is 68.3 cm³/mol. The fraction of sp³-hybridized carbons (Fsp3) is 0.714. The highest BCUT2D eigenvalue weighted by atomic mass is 31.2. The summed E-state index contributed by atoms with van der Waals surface area (Å²) in [6.45, 7) is 2.14. The highest BCUT2D eigenvalue weighted by Crippen LogP contribution is 2.41. The molecule has 0 heterocycles. The molecule has 0 saturated heterocycles. The molecule has 0 saturated carbocycles. The molecule has 0 spiro atoms. The van der Waals surface area contributed by atoms with E-state index < -0.39 is 15.1 Å². The van der Waals surface area contributed by atoms with Gasteiger partial charge < -0.3 is 33.6 Å². The van der Waals surface area contributed by atoms with Crippen molar-refractivity contribution in [2.24, 2.45) is 5.73 Å². The fourth-order valence-electron chi connectivity index (χ4n) is 0.424. The Hall–Kier alpha value is 0.320. The molecular formula is C7H21NO6P2. The standard InChI is InChI=1S/C4H11O3P.C3H10NO3P/c1-4-7-8(3,5)6-2;1-6-8(2,5)7-3-4/h5H,3-4H2,1-2H3;5H,2-4H2,1H3. The van der Waals surface area contributed by atoms with E-state index in [1.807, 2.05) is 0 Å². The van der Waals surface area contributed by atoms with E-state index in [1.165, 1.54) is 14.2 Å². The molecule has 0 aliphatic carbocycles. The van der Waals surface area contributed by atoms with E-state index in [9.17, 15) is 0 Å². The molecule has 0 radical (unpaired) electrons. The minimum Gasteiger partial charge on any atom is -0.333 e. The normalized spacial score (nSPS) is 17.9. The van der Waals surface area contributed by atoms with Crippen LogP contribution in [-0.2, 0) is 18.1 Å². The van der Waals surface area contributed by atoms with Crippen molar-refractivity contribution in [1.29, 1.82) is 0 Å². The lowest BCUT2D eigenvalue weighted by atomic mass is 10.9. The smallest absolute Gasteiger partial charge is 0.249 e. The van der Waals surface area contributed by atoms with Crippen molar-refractivity contribution in [3.63, 3.8) is 0 Å². The summed E-state index contributed by atoms with van der Waals surface area (Å²) in [5.74, 6) is 0. The van der Waals surface area contributed by atoms with Gasteiger partial charge in [0, 0.05) is 14.2 Å². The molecule has 16 heavy (non-hydrogen) atoms. The van der Waals surface area contributed by atoms with Crippen LogP contribution in [0.2, 0.25) is 0 Å². The van der Waals surface area contributed by atoms with E-state index in [4.69, 9.17) is 20.0 Å². The highest BCUT2D eigenvalue weighted by Gasteiger charge is 2.05. The maximum absolute atomic E-state index is 8.88. The van der Waals surface area contributed by atoms with Crippen molar-refractivity contribution in [3.8, 4) is 0 Å². The van der Waals surface area contributed by atoms with Crippen molar-refractivity contribution in [2.75, 3.05) is 27.6 Å². The third-order valence-corrected chi connectivity index (χ3v) is 3.53. The molecule has 7 nitrogen and oxygen atoms in total. The lowest BCUT2D eigenvalue weighted by Gasteiger charge is -2.12. The van der Waals surface area contributed by atoms with Crippen LogP contribution in [0.5, 0.6) is 0 Å². The first-order chi connectivity index (χ1) is 7.24. The quantitative estimate of drug-likeness (QED) is 0.482. The first-order valence-corrected chi connectivity index (χ1v) is 7.80. The number of hydrogen-bond acceptors (Lipinski definition) is 7. The third kappa shape index (κ3) is 12.4. The number of hydrogen-bond donors (Lipinski definition) is 3. The van der Waals surface area contributed by atoms with Gasteiger partial charge in [-0.05, 0) is 19.5 Å². The highest BCUT2D eigenvalue weighted by molar-refractivity contribution is 7.58. The molecule has 4 N–H and O–H groups in total. The van der Waals surface area contributed by atoms with E-state index in [2.05, 4.69) is 26.2 Å². The van der Waals surface area contributed by atoms with E-state index in [0.717, 1.165) is 0 Å². The summed E-state index contributed by atoms with van der Waals surface area (Å²) < 4.78 is 18.1.